The monoisotopic (exact) mass is 348 g/mol. The zero-order valence-electron chi connectivity index (χ0n) is 16.0. The third-order valence-corrected chi connectivity index (χ3v) is 4.89. The molecule has 1 N–H and O–H groups in total. The molecule has 2 atom stereocenters. The van der Waals surface area contributed by atoms with E-state index in [4.69, 9.17) is 9.47 Å². The summed E-state index contributed by atoms with van der Waals surface area (Å²) in [5.41, 5.74) is 0.0826. The molecular weight excluding hydrogens is 316 g/mol. The highest BCUT2D eigenvalue weighted by Gasteiger charge is 2.41. The van der Waals surface area contributed by atoms with Gasteiger partial charge in [-0.3, -0.25) is 4.79 Å². The number of nitrogens with zero attached hydrogens (tertiary/aromatic N) is 1. The number of hydrogen-bond acceptors (Lipinski definition) is 4. The molecule has 25 heavy (non-hydrogen) atoms. The number of carbonyl (C=O) groups is 1. The maximum atomic E-state index is 12.8. The van der Waals surface area contributed by atoms with Crippen LogP contribution in [0.25, 0.3) is 0 Å². The second-order valence-corrected chi connectivity index (χ2v) is 7.38. The molecular formula is C20H32N2O3. The summed E-state index contributed by atoms with van der Waals surface area (Å²) in [6.07, 6.45) is 4.75. The second kappa shape index (κ2) is 9.20. The van der Waals surface area contributed by atoms with Crippen LogP contribution in [0.1, 0.15) is 39.0 Å². The standard InChI is InChI=1S/C20H32N2O3/c1-16-7-5-12-20(15-16,24-4)19(23)21-17-8-10-18(11-9-17)25-14-6-13-22(2)3/h8-11,16H,5-7,12-15H2,1-4H3,(H,21,23). The van der Waals surface area contributed by atoms with Crippen LogP contribution in [0.3, 0.4) is 0 Å². The first kappa shape index (κ1) is 19.7. The molecule has 1 fully saturated rings. The summed E-state index contributed by atoms with van der Waals surface area (Å²) >= 11 is 0. The fourth-order valence-corrected chi connectivity index (χ4v) is 3.44. The summed E-state index contributed by atoms with van der Waals surface area (Å²) in [7, 11) is 5.75. The Hall–Kier alpha value is -1.59. The molecule has 0 spiro atoms. The van der Waals surface area contributed by atoms with E-state index in [9.17, 15) is 4.79 Å². The van der Waals surface area contributed by atoms with E-state index in [0.29, 0.717) is 12.5 Å². The molecule has 1 saturated carbocycles. The van der Waals surface area contributed by atoms with Gasteiger partial charge >= 0.3 is 0 Å². The van der Waals surface area contributed by atoms with E-state index in [1.807, 2.05) is 24.3 Å². The van der Waals surface area contributed by atoms with E-state index in [0.717, 1.165) is 50.1 Å². The number of carbonyl (C=O) groups excluding carboxylic acids is 1. The number of anilines is 1. The molecule has 1 aliphatic carbocycles. The quantitative estimate of drug-likeness (QED) is 0.730. The number of hydrogen-bond donors (Lipinski definition) is 1. The van der Waals surface area contributed by atoms with Crippen molar-refractivity contribution in [1.29, 1.82) is 0 Å². The van der Waals surface area contributed by atoms with E-state index in [-0.39, 0.29) is 5.91 Å². The maximum Gasteiger partial charge on any atom is 0.256 e. The lowest BCUT2D eigenvalue weighted by molar-refractivity contribution is -0.143. The van der Waals surface area contributed by atoms with Crippen molar-refractivity contribution in [2.75, 3.05) is 39.7 Å². The van der Waals surface area contributed by atoms with E-state index in [1.165, 1.54) is 0 Å². The average Bonchev–Trinajstić information content (AvgIpc) is 2.59. The summed E-state index contributed by atoms with van der Waals surface area (Å²) in [6.45, 7) is 3.88. The van der Waals surface area contributed by atoms with Gasteiger partial charge in [-0.05, 0) is 70.0 Å². The van der Waals surface area contributed by atoms with Crippen molar-refractivity contribution >= 4 is 11.6 Å². The van der Waals surface area contributed by atoms with E-state index >= 15 is 0 Å². The first-order valence-electron chi connectivity index (χ1n) is 9.19. The Kier molecular flexibility index (Phi) is 7.26. The summed E-state index contributed by atoms with van der Waals surface area (Å²) in [5.74, 6) is 1.29. The fourth-order valence-electron chi connectivity index (χ4n) is 3.44. The molecule has 1 amide bonds. The van der Waals surface area contributed by atoms with Gasteiger partial charge in [0.1, 0.15) is 11.4 Å². The molecule has 1 aromatic carbocycles. The van der Waals surface area contributed by atoms with Gasteiger partial charge in [0.15, 0.2) is 0 Å². The maximum absolute atomic E-state index is 12.8. The molecule has 0 radical (unpaired) electrons. The van der Waals surface area contributed by atoms with E-state index in [1.54, 1.807) is 7.11 Å². The Morgan fingerprint density at radius 3 is 2.64 bits per heavy atom. The van der Waals surface area contributed by atoms with Gasteiger partial charge in [-0.1, -0.05) is 13.3 Å². The topological polar surface area (TPSA) is 50.8 Å². The SMILES string of the molecule is COC1(C(=O)Nc2ccc(OCCCN(C)C)cc2)CCCC(C)C1. The summed E-state index contributed by atoms with van der Waals surface area (Å²) in [6, 6.07) is 7.56. The number of nitrogens with one attached hydrogen (secondary N) is 1. The highest BCUT2D eigenvalue weighted by molar-refractivity contribution is 5.97. The predicted octanol–water partition coefficient (Wildman–Crippen LogP) is 3.55. The highest BCUT2D eigenvalue weighted by atomic mass is 16.5. The summed E-state index contributed by atoms with van der Waals surface area (Å²) < 4.78 is 11.4. The van der Waals surface area contributed by atoms with Crippen molar-refractivity contribution in [3.8, 4) is 5.75 Å². The number of benzene rings is 1. The van der Waals surface area contributed by atoms with Gasteiger partial charge in [-0.25, -0.2) is 0 Å². The lowest BCUT2D eigenvalue weighted by Gasteiger charge is -2.37. The van der Waals surface area contributed by atoms with Gasteiger partial charge in [-0.15, -0.1) is 0 Å². The van der Waals surface area contributed by atoms with Gasteiger partial charge in [0, 0.05) is 19.3 Å². The van der Waals surface area contributed by atoms with Crippen LogP contribution in [0.5, 0.6) is 5.75 Å². The molecule has 5 nitrogen and oxygen atoms in total. The summed E-state index contributed by atoms with van der Waals surface area (Å²) in [5, 5.41) is 3.01. The molecule has 140 valence electrons. The first-order valence-corrected chi connectivity index (χ1v) is 9.19. The van der Waals surface area contributed by atoms with Crippen LogP contribution in [0.15, 0.2) is 24.3 Å². The van der Waals surface area contributed by atoms with Crippen LogP contribution in [-0.4, -0.2) is 50.8 Å². The van der Waals surface area contributed by atoms with E-state index < -0.39 is 5.60 Å². The lowest BCUT2D eigenvalue weighted by Crippen LogP contribution is -2.47. The van der Waals surface area contributed by atoms with Crippen molar-refractivity contribution in [1.82, 2.24) is 4.90 Å². The molecule has 2 unspecified atom stereocenters. The van der Waals surface area contributed by atoms with Crippen LogP contribution in [0.2, 0.25) is 0 Å². The van der Waals surface area contributed by atoms with Gasteiger partial charge in [0.05, 0.1) is 6.61 Å². The third-order valence-electron chi connectivity index (χ3n) is 4.89. The summed E-state index contributed by atoms with van der Waals surface area (Å²) in [4.78, 5) is 14.9. The number of methoxy groups -OCH3 is 1. The third kappa shape index (κ3) is 5.72. The van der Waals surface area contributed by atoms with Crippen LogP contribution < -0.4 is 10.1 Å². The zero-order chi connectivity index (χ0) is 18.3. The van der Waals surface area contributed by atoms with Crippen molar-refractivity contribution in [3.05, 3.63) is 24.3 Å². The van der Waals surface area contributed by atoms with Crippen LogP contribution in [0.4, 0.5) is 5.69 Å². The van der Waals surface area contributed by atoms with Crippen molar-refractivity contribution in [2.24, 2.45) is 5.92 Å². The van der Waals surface area contributed by atoms with Crippen molar-refractivity contribution < 1.29 is 14.3 Å². The molecule has 0 saturated heterocycles. The van der Waals surface area contributed by atoms with E-state index in [2.05, 4.69) is 31.2 Å². The number of amides is 1. The molecule has 0 aliphatic heterocycles. The highest BCUT2D eigenvalue weighted by Crippen LogP contribution is 2.35. The largest absolute Gasteiger partial charge is 0.494 e. The molecule has 0 bridgehead atoms. The van der Waals surface area contributed by atoms with Crippen LogP contribution in [-0.2, 0) is 9.53 Å². The Balaban J connectivity index is 1.88. The normalized spacial score (nSPS) is 23.5. The Morgan fingerprint density at radius 1 is 1.32 bits per heavy atom. The van der Waals surface area contributed by atoms with Gasteiger partial charge in [-0.2, -0.15) is 0 Å². The average molecular weight is 348 g/mol. The number of ether oxygens (including phenoxy) is 2. The smallest absolute Gasteiger partial charge is 0.256 e. The molecule has 0 aromatic heterocycles. The first-order chi connectivity index (χ1) is 11.9. The molecule has 0 heterocycles. The Labute approximate surface area is 151 Å². The minimum Gasteiger partial charge on any atom is -0.494 e. The predicted molar refractivity (Wildman–Crippen MR) is 101 cm³/mol. The Bertz CT molecular complexity index is 544. The molecule has 2 rings (SSSR count). The van der Waals surface area contributed by atoms with Gasteiger partial charge < -0.3 is 19.7 Å². The van der Waals surface area contributed by atoms with Gasteiger partial charge in [0.25, 0.3) is 5.91 Å². The van der Waals surface area contributed by atoms with Gasteiger partial charge in [0.2, 0.25) is 0 Å². The van der Waals surface area contributed by atoms with Crippen molar-refractivity contribution in [3.63, 3.8) is 0 Å². The minimum atomic E-state index is -0.695. The second-order valence-electron chi connectivity index (χ2n) is 7.38. The molecule has 1 aromatic rings. The lowest BCUT2D eigenvalue weighted by atomic mass is 9.78. The van der Waals surface area contributed by atoms with Crippen molar-refractivity contribution in [2.45, 2.75) is 44.6 Å². The van der Waals surface area contributed by atoms with Crippen LogP contribution in [0, 0.1) is 5.92 Å². The van der Waals surface area contributed by atoms with Crippen LogP contribution >= 0.6 is 0 Å². The fraction of sp³-hybridized carbons (Fsp3) is 0.650. The Morgan fingerprint density at radius 2 is 2.04 bits per heavy atom. The minimum absolute atomic E-state index is 0.0406. The zero-order valence-corrected chi connectivity index (χ0v) is 16.0. The molecule has 5 heteroatoms. The molecule has 1 aliphatic rings. The number of rotatable bonds is 8.